The monoisotopic (exact) mass is 415 g/mol. The van der Waals surface area contributed by atoms with E-state index < -0.39 is 10.0 Å². The van der Waals surface area contributed by atoms with Crippen molar-refractivity contribution in [3.8, 4) is 0 Å². The Bertz CT molecular complexity index is 1050. The van der Waals surface area contributed by atoms with Crippen molar-refractivity contribution in [3.63, 3.8) is 0 Å². The lowest BCUT2D eigenvalue weighted by atomic mass is 10.2. The first-order valence-corrected chi connectivity index (χ1v) is 10.1. The molecule has 0 aliphatic carbocycles. The largest absolute Gasteiger partial charge is 0.468 e. The molecule has 0 unspecified atom stereocenters. The van der Waals surface area contributed by atoms with Crippen LogP contribution in [0.1, 0.15) is 16.1 Å². The lowest BCUT2D eigenvalue weighted by molar-refractivity contribution is 0.0977. The molecule has 0 saturated carbocycles. The topological polar surface area (TPSA) is 100 Å². The normalized spacial score (nSPS) is 11.0. The van der Waals surface area contributed by atoms with E-state index in [-0.39, 0.29) is 22.5 Å². The number of hydrogen-bond donors (Lipinski definition) is 3. The molecule has 0 radical (unpaired) electrons. The fourth-order valence-electron chi connectivity index (χ4n) is 2.31. The van der Waals surface area contributed by atoms with Gasteiger partial charge in [0.15, 0.2) is 5.11 Å². The highest BCUT2D eigenvalue weighted by atomic mass is 32.2. The van der Waals surface area contributed by atoms with Gasteiger partial charge in [-0.2, -0.15) is 0 Å². The minimum absolute atomic E-state index is 0.0605. The first kappa shape index (κ1) is 19.7. The minimum atomic E-state index is -3.68. The molecule has 1 amide bonds. The quantitative estimate of drug-likeness (QED) is 0.535. The third-order valence-corrected chi connectivity index (χ3v) is 5.32. The molecule has 0 bridgehead atoms. The molecular weight excluding hydrogens is 398 g/mol. The van der Waals surface area contributed by atoms with Gasteiger partial charge in [-0.15, -0.1) is 0 Å². The Hall–Kier alpha value is -3.01. The fourth-order valence-corrected chi connectivity index (χ4v) is 3.51. The molecule has 9 heteroatoms. The first-order valence-electron chi connectivity index (χ1n) is 8.23. The summed E-state index contributed by atoms with van der Waals surface area (Å²) in [6, 6.07) is 18.0. The Morgan fingerprint density at radius 2 is 1.68 bits per heavy atom. The highest BCUT2D eigenvalue weighted by molar-refractivity contribution is 7.89. The van der Waals surface area contributed by atoms with E-state index in [1.165, 1.54) is 18.4 Å². The summed E-state index contributed by atoms with van der Waals surface area (Å²) in [7, 11) is -3.68. The number of benzene rings is 2. The maximum absolute atomic E-state index is 12.3. The zero-order chi connectivity index (χ0) is 20.0. The number of amides is 1. The van der Waals surface area contributed by atoms with Gasteiger partial charge in [0.25, 0.3) is 5.91 Å². The maximum atomic E-state index is 12.3. The van der Waals surface area contributed by atoms with E-state index in [0.29, 0.717) is 17.0 Å². The number of anilines is 1. The Labute approximate surface area is 167 Å². The van der Waals surface area contributed by atoms with Crippen LogP contribution in [-0.4, -0.2) is 19.4 Å². The minimum Gasteiger partial charge on any atom is -0.468 e. The third-order valence-electron chi connectivity index (χ3n) is 3.70. The van der Waals surface area contributed by atoms with E-state index in [2.05, 4.69) is 15.4 Å². The van der Waals surface area contributed by atoms with Gasteiger partial charge in [-0.05, 0) is 60.7 Å². The van der Waals surface area contributed by atoms with Crippen molar-refractivity contribution in [3.05, 3.63) is 84.3 Å². The molecule has 1 aromatic heterocycles. The van der Waals surface area contributed by atoms with Gasteiger partial charge in [-0.25, -0.2) is 13.1 Å². The van der Waals surface area contributed by atoms with Crippen molar-refractivity contribution >= 4 is 38.9 Å². The van der Waals surface area contributed by atoms with E-state index in [1.807, 2.05) is 6.07 Å². The Morgan fingerprint density at radius 3 is 2.32 bits per heavy atom. The summed E-state index contributed by atoms with van der Waals surface area (Å²) in [6.45, 7) is 0.0605. The van der Waals surface area contributed by atoms with Crippen LogP contribution in [0.15, 0.2) is 82.3 Å². The van der Waals surface area contributed by atoms with Crippen LogP contribution in [0.5, 0.6) is 0 Å². The van der Waals surface area contributed by atoms with E-state index >= 15 is 0 Å². The van der Waals surface area contributed by atoms with Crippen LogP contribution in [0.2, 0.25) is 0 Å². The number of thiocarbonyl (C=S) groups is 1. The first-order chi connectivity index (χ1) is 13.4. The number of hydrogen-bond acceptors (Lipinski definition) is 5. The SMILES string of the molecule is O=C(NC(=S)Nc1ccc(S(=O)(=O)NCc2ccco2)cc1)c1ccccc1. The molecule has 0 spiro atoms. The van der Waals surface area contributed by atoms with Gasteiger partial charge in [-0.1, -0.05) is 18.2 Å². The van der Waals surface area contributed by atoms with Crippen LogP contribution < -0.4 is 15.4 Å². The zero-order valence-electron chi connectivity index (χ0n) is 14.6. The van der Waals surface area contributed by atoms with Gasteiger partial charge in [0.1, 0.15) is 5.76 Å². The van der Waals surface area contributed by atoms with Gasteiger partial charge in [0.2, 0.25) is 10.0 Å². The number of rotatable bonds is 6. The van der Waals surface area contributed by atoms with Gasteiger partial charge in [-0.3, -0.25) is 10.1 Å². The Balaban J connectivity index is 1.57. The van der Waals surface area contributed by atoms with Crippen LogP contribution in [0.4, 0.5) is 5.69 Å². The van der Waals surface area contributed by atoms with Crippen molar-refractivity contribution in [2.45, 2.75) is 11.4 Å². The molecule has 28 heavy (non-hydrogen) atoms. The van der Waals surface area contributed by atoms with Crippen LogP contribution >= 0.6 is 12.2 Å². The standard InChI is InChI=1S/C19H17N3O4S2/c23-18(14-5-2-1-3-6-14)22-19(27)21-15-8-10-17(11-9-15)28(24,25)20-13-16-7-4-12-26-16/h1-12,20H,13H2,(H2,21,22,23,27). The fraction of sp³-hybridized carbons (Fsp3) is 0.0526. The average Bonchev–Trinajstić information content (AvgIpc) is 3.21. The molecule has 2 aromatic carbocycles. The number of furan rings is 1. The number of sulfonamides is 1. The number of carbonyl (C=O) groups is 1. The second-order valence-electron chi connectivity index (χ2n) is 5.70. The van der Waals surface area contributed by atoms with E-state index in [1.54, 1.807) is 48.5 Å². The highest BCUT2D eigenvalue weighted by Gasteiger charge is 2.14. The highest BCUT2D eigenvalue weighted by Crippen LogP contribution is 2.14. The summed E-state index contributed by atoms with van der Waals surface area (Å²) in [5.41, 5.74) is 1.03. The Kier molecular flexibility index (Phi) is 6.19. The van der Waals surface area contributed by atoms with Crippen LogP contribution in [0.3, 0.4) is 0 Å². The van der Waals surface area contributed by atoms with Gasteiger partial charge in [0, 0.05) is 11.3 Å². The molecule has 3 rings (SSSR count). The second-order valence-corrected chi connectivity index (χ2v) is 7.88. The molecule has 0 aliphatic rings. The van der Waals surface area contributed by atoms with E-state index in [4.69, 9.17) is 16.6 Å². The van der Waals surface area contributed by atoms with Crippen molar-refractivity contribution in [1.82, 2.24) is 10.0 Å². The molecule has 3 aromatic rings. The maximum Gasteiger partial charge on any atom is 0.257 e. The van der Waals surface area contributed by atoms with Crippen LogP contribution in [0.25, 0.3) is 0 Å². The molecule has 0 aliphatic heterocycles. The molecule has 144 valence electrons. The second kappa shape index (κ2) is 8.79. The molecule has 7 nitrogen and oxygen atoms in total. The van der Waals surface area contributed by atoms with Crippen molar-refractivity contribution < 1.29 is 17.6 Å². The van der Waals surface area contributed by atoms with Crippen LogP contribution in [-0.2, 0) is 16.6 Å². The molecule has 3 N–H and O–H groups in total. The smallest absolute Gasteiger partial charge is 0.257 e. The zero-order valence-corrected chi connectivity index (χ0v) is 16.2. The predicted molar refractivity (Wildman–Crippen MR) is 109 cm³/mol. The molecule has 0 fully saturated rings. The molecule has 1 heterocycles. The predicted octanol–water partition coefficient (Wildman–Crippen LogP) is 2.88. The lowest BCUT2D eigenvalue weighted by Crippen LogP contribution is -2.34. The van der Waals surface area contributed by atoms with Gasteiger partial charge >= 0.3 is 0 Å². The van der Waals surface area contributed by atoms with E-state index in [0.717, 1.165) is 0 Å². The van der Waals surface area contributed by atoms with E-state index in [9.17, 15) is 13.2 Å². The summed E-state index contributed by atoms with van der Waals surface area (Å²) in [4.78, 5) is 12.2. The summed E-state index contributed by atoms with van der Waals surface area (Å²) >= 11 is 5.12. The van der Waals surface area contributed by atoms with Crippen molar-refractivity contribution in [2.75, 3.05) is 5.32 Å². The molecule has 0 saturated heterocycles. The molecule has 0 atom stereocenters. The average molecular weight is 415 g/mol. The van der Waals surface area contributed by atoms with Crippen molar-refractivity contribution in [2.24, 2.45) is 0 Å². The summed E-state index contributed by atoms with van der Waals surface area (Å²) in [6.07, 6.45) is 1.48. The lowest BCUT2D eigenvalue weighted by Gasteiger charge is -2.10. The number of carbonyl (C=O) groups excluding carboxylic acids is 1. The third kappa shape index (κ3) is 5.26. The summed E-state index contributed by atoms with van der Waals surface area (Å²) in [5.74, 6) is 0.181. The summed E-state index contributed by atoms with van der Waals surface area (Å²) < 4.78 is 32.2. The number of nitrogens with one attached hydrogen (secondary N) is 3. The van der Waals surface area contributed by atoms with Gasteiger partial charge in [0.05, 0.1) is 17.7 Å². The Morgan fingerprint density at radius 1 is 0.964 bits per heavy atom. The molecular formula is C19H17N3O4S2. The van der Waals surface area contributed by atoms with Crippen molar-refractivity contribution in [1.29, 1.82) is 0 Å². The summed E-state index contributed by atoms with van der Waals surface area (Å²) in [5, 5.41) is 5.52. The van der Waals surface area contributed by atoms with Crippen LogP contribution in [0, 0.1) is 0 Å². The van der Waals surface area contributed by atoms with Gasteiger partial charge < -0.3 is 9.73 Å².